The van der Waals surface area contributed by atoms with Gasteiger partial charge >= 0.3 is 0 Å². The summed E-state index contributed by atoms with van der Waals surface area (Å²) < 4.78 is 19.0. The van der Waals surface area contributed by atoms with E-state index in [0.29, 0.717) is 23.4 Å². The maximum atomic E-state index is 13.3. The molecule has 5 nitrogen and oxygen atoms in total. The van der Waals surface area contributed by atoms with Gasteiger partial charge in [-0.3, -0.25) is 9.69 Å². The van der Waals surface area contributed by atoms with E-state index in [1.807, 2.05) is 17.0 Å². The van der Waals surface area contributed by atoms with Gasteiger partial charge in [0.05, 0.1) is 0 Å². The Morgan fingerprint density at radius 2 is 1.84 bits per heavy atom. The summed E-state index contributed by atoms with van der Waals surface area (Å²) in [5.74, 6) is 0.396. The number of piperazine rings is 1. The highest BCUT2D eigenvalue weighted by Crippen LogP contribution is 2.22. The molecule has 2 fully saturated rings. The second-order valence-electron chi connectivity index (χ2n) is 8.53. The number of halogens is 2. The molecule has 2 aliphatic rings. The number of hydrogen-bond donors (Lipinski definition) is 1. The van der Waals surface area contributed by atoms with Crippen LogP contribution < -0.4 is 10.1 Å². The van der Waals surface area contributed by atoms with Crippen LogP contribution >= 0.6 is 11.6 Å². The molecule has 1 saturated heterocycles. The quantitative estimate of drug-likeness (QED) is 0.672. The molecule has 1 aliphatic carbocycles. The first-order chi connectivity index (χ1) is 15.0. The van der Waals surface area contributed by atoms with Crippen LogP contribution in [0, 0.1) is 5.82 Å². The summed E-state index contributed by atoms with van der Waals surface area (Å²) in [5, 5.41) is 4.24. The number of nitrogens with one attached hydrogen (secondary N) is 1. The Hall–Kier alpha value is -2.15. The van der Waals surface area contributed by atoms with Crippen LogP contribution in [-0.4, -0.2) is 60.1 Å². The zero-order valence-electron chi connectivity index (χ0n) is 17.8. The standard InChI is InChI=1S/C24H29ClFN3O2/c1-17-13-28(14-18-2-6-20(26)7-3-18)22(12-27-21-8-9-21)15-29(17)24(30)16-31-23-10-4-19(25)5-11-23/h2-7,10-11,17,21-22,27H,8-9,12-16H2,1H3. The van der Waals surface area contributed by atoms with E-state index in [0.717, 1.165) is 25.2 Å². The maximum absolute atomic E-state index is 13.3. The lowest BCUT2D eigenvalue weighted by Crippen LogP contribution is -2.61. The Labute approximate surface area is 188 Å². The molecule has 31 heavy (non-hydrogen) atoms. The highest BCUT2D eigenvalue weighted by molar-refractivity contribution is 6.30. The molecule has 0 bridgehead atoms. The molecule has 0 aromatic heterocycles. The van der Waals surface area contributed by atoms with Crippen molar-refractivity contribution in [2.45, 2.75) is 44.4 Å². The largest absolute Gasteiger partial charge is 0.484 e. The van der Waals surface area contributed by atoms with E-state index in [-0.39, 0.29) is 30.4 Å². The molecular formula is C24H29ClFN3O2. The first kappa shape index (κ1) is 22.1. The fourth-order valence-electron chi connectivity index (χ4n) is 4.02. The summed E-state index contributed by atoms with van der Waals surface area (Å²) in [6.07, 6.45) is 2.44. The van der Waals surface area contributed by atoms with E-state index in [4.69, 9.17) is 16.3 Å². The molecule has 0 radical (unpaired) electrons. The Balaban J connectivity index is 1.39. The van der Waals surface area contributed by atoms with Gasteiger partial charge in [-0.05, 0) is 61.7 Å². The van der Waals surface area contributed by atoms with Crippen molar-refractivity contribution in [2.24, 2.45) is 0 Å². The van der Waals surface area contributed by atoms with Crippen molar-refractivity contribution in [3.63, 3.8) is 0 Å². The van der Waals surface area contributed by atoms with Crippen LogP contribution in [0.5, 0.6) is 5.75 Å². The monoisotopic (exact) mass is 445 g/mol. The van der Waals surface area contributed by atoms with E-state index in [1.165, 1.54) is 25.0 Å². The Morgan fingerprint density at radius 3 is 2.52 bits per heavy atom. The molecule has 2 unspecified atom stereocenters. The van der Waals surface area contributed by atoms with Gasteiger partial charge in [-0.15, -0.1) is 0 Å². The summed E-state index contributed by atoms with van der Waals surface area (Å²) >= 11 is 5.91. The van der Waals surface area contributed by atoms with Gasteiger partial charge in [-0.1, -0.05) is 23.7 Å². The molecule has 166 valence electrons. The molecule has 2 aromatic rings. The molecule has 1 saturated carbocycles. The van der Waals surface area contributed by atoms with Crippen LogP contribution in [0.4, 0.5) is 4.39 Å². The lowest BCUT2D eigenvalue weighted by Gasteiger charge is -2.45. The third kappa shape index (κ3) is 6.19. The number of carbonyl (C=O) groups excluding carboxylic acids is 1. The summed E-state index contributed by atoms with van der Waals surface area (Å²) in [6, 6.07) is 14.6. The van der Waals surface area contributed by atoms with Crippen molar-refractivity contribution in [2.75, 3.05) is 26.2 Å². The summed E-state index contributed by atoms with van der Waals surface area (Å²) in [6.45, 7) is 5.06. The summed E-state index contributed by atoms with van der Waals surface area (Å²) in [7, 11) is 0. The molecule has 1 N–H and O–H groups in total. The molecule has 4 rings (SSSR count). The van der Waals surface area contributed by atoms with E-state index >= 15 is 0 Å². The van der Waals surface area contributed by atoms with E-state index in [1.54, 1.807) is 24.3 Å². The van der Waals surface area contributed by atoms with Gasteiger partial charge in [-0.2, -0.15) is 0 Å². The van der Waals surface area contributed by atoms with Crippen LogP contribution in [0.2, 0.25) is 5.02 Å². The molecule has 1 heterocycles. The van der Waals surface area contributed by atoms with Crippen molar-refractivity contribution in [1.82, 2.24) is 15.1 Å². The normalized spacial score (nSPS) is 21.8. The summed E-state index contributed by atoms with van der Waals surface area (Å²) in [5.41, 5.74) is 1.08. The number of amides is 1. The minimum atomic E-state index is -0.222. The average molecular weight is 446 g/mol. The van der Waals surface area contributed by atoms with Gasteiger partial charge in [-0.25, -0.2) is 4.39 Å². The zero-order valence-corrected chi connectivity index (χ0v) is 18.5. The van der Waals surface area contributed by atoms with Crippen molar-refractivity contribution in [3.05, 3.63) is 64.9 Å². The number of rotatable bonds is 8. The first-order valence-electron chi connectivity index (χ1n) is 10.9. The molecule has 7 heteroatoms. The summed E-state index contributed by atoms with van der Waals surface area (Å²) in [4.78, 5) is 17.3. The Morgan fingerprint density at radius 1 is 1.13 bits per heavy atom. The predicted molar refractivity (Wildman–Crippen MR) is 120 cm³/mol. The SMILES string of the molecule is CC1CN(Cc2ccc(F)cc2)C(CNC2CC2)CN1C(=O)COc1ccc(Cl)cc1. The van der Waals surface area contributed by atoms with Crippen LogP contribution in [0.15, 0.2) is 48.5 Å². The van der Waals surface area contributed by atoms with Crippen molar-refractivity contribution < 1.29 is 13.9 Å². The topological polar surface area (TPSA) is 44.8 Å². The molecule has 2 aromatic carbocycles. The highest BCUT2D eigenvalue weighted by atomic mass is 35.5. The fourth-order valence-corrected chi connectivity index (χ4v) is 4.14. The van der Waals surface area contributed by atoms with Crippen LogP contribution in [-0.2, 0) is 11.3 Å². The molecule has 2 atom stereocenters. The van der Waals surface area contributed by atoms with E-state index in [2.05, 4.69) is 17.1 Å². The number of ether oxygens (including phenoxy) is 1. The van der Waals surface area contributed by atoms with Crippen molar-refractivity contribution in [3.8, 4) is 5.75 Å². The van der Waals surface area contributed by atoms with Crippen molar-refractivity contribution in [1.29, 1.82) is 0 Å². The third-order valence-electron chi connectivity index (χ3n) is 5.97. The number of benzene rings is 2. The highest BCUT2D eigenvalue weighted by Gasteiger charge is 2.35. The maximum Gasteiger partial charge on any atom is 0.260 e. The van der Waals surface area contributed by atoms with Crippen LogP contribution in [0.1, 0.15) is 25.3 Å². The zero-order chi connectivity index (χ0) is 21.8. The van der Waals surface area contributed by atoms with Crippen LogP contribution in [0.25, 0.3) is 0 Å². The molecular weight excluding hydrogens is 417 g/mol. The Kier molecular flexibility index (Phi) is 7.10. The predicted octanol–water partition coefficient (Wildman–Crippen LogP) is 3.71. The minimum absolute atomic E-state index is 0.00665. The fraction of sp³-hybridized carbons (Fsp3) is 0.458. The minimum Gasteiger partial charge on any atom is -0.484 e. The number of hydrogen-bond acceptors (Lipinski definition) is 4. The van der Waals surface area contributed by atoms with Gasteiger partial charge < -0.3 is 15.0 Å². The van der Waals surface area contributed by atoms with Crippen molar-refractivity contribution >= 4 is 17.5 Å². The second kappa shape index (κ2) is 9.98. The van der Waals surface area contributed by atoms with Gasteiger partial charge in [0.2, 0.25) is 0 Å². The molecule has 1 amide bonds. The molecule has 1 aliphatic heterocycles. The van der Waals surface area contributed by atoms with Crippen LogP contribution in [0.3, 0.4) is 0 Å². The first-order valence-corrected chi connectivity index (χ1v) is 11.3. The average Bonchev–Trinajstić information content (AvgIpc) is 3.59. The van der Waals surface area contributed by atoms with Gasteiger partial charge in [0.1, 0.15) is 11.6 Å². The molecule has 0 spiro atoms. The lowest BCUT2D eigenvalue weighted by molar-refractivity contribution is -0.139. The van der Waals surface area contributed by atoms with Gasteiger partial charge in [0, 0.05) is 49.3 Å². The van der Waals surface area contributed by atoms with Gasteiger partial charge in [0.25, 0.3) is 5.91 Å². The second-order valence-corrected chi connectivity index (χ2v) is 8.97. The number of nitrogens with zero attached hydrogens (tertiary/aromatic N) is 2. The lowest BCUT2D eigenvalue weighted by atomic mass is 10.0. The Bertz CT molecular complexity index is 873. The number of carbonyl (C=O) groups is 1. The third-order valence-corrected chi connectivity index (χ3v) is 6.22. The smallest absolute Gasteiger partial charge is 0.260 e. The van der Waals surface area contributed by atoms with Gasteiger partial charge in [0.15, 0.2) is 6.61 Å². The van der Waals surface area contributed by atoms with E-state index < -0.39 is 0 Å². The van der Waals surface area contributed by atoms with E-state index in [9.17, 15) is 9.18 Å².